The lowest BCUT2D eigenvalue weighted by molar-refractivity contribution is -0.385. The molecule has 0 radical (unpaired) electrons. The van der Waals surface area contributed by atoms with E-state index in [4.69, 9.17) is 0 Å². The highest BCUT2D eigenvalue weighted by molar-refractivity contribution is 7.92. The molecule has 0 saturated heterocycles. The standard InChI is InChI=1S/C21H18N4O5S/c1-14-7-9-17(12-20(14)25(27)28)31(29,30)24(13-15-5-3-2-4-6-15)16-8-10-18-19(11-16)23-21(26)22-18/h2-12H,13H2,1H3,(H2,22,23,26). The van der Waals surface area contributed by atoms with E-state index in [1.54, 1.807) is 49.4 Å². The van der Waals surface area contributed by atoms with Gasteiger partial charge in [-0.2, -0.15) is 0 Å². The van der Waals surface area contributed by atoms with Crippen LogP contribution in [-0.2, 0) is 16.6 Å². The molecular weight excluding hydrogens is 420 g/mol. The maximum Gasteiger partial charge on any atom is 0.323 e. The van der Waals surface area contributed by atoms with E-state index >= 15 is 0 Å². The molecule has 31 heavy (non-hydrogen) atoms. The van der Waals surface area contributed by atoms with Crippen molar-refractivity contribution in [3.63, 3.8) is 0 Å². The van der Waals surface area contributed by atoms with Gasteiger partial charge in [-0.05, 0) is 36.8 Å². The van der Waals surface area contributed by atoms with Gasteiger partial charge in [-0.3, -0.25) is 14.4 Å². The average molecular weight is 438 g/mol. The van der Waals surface area contributed by atoms with Crippen LogP contribution in [0, 0.1) is 17.0 Å². The Morgan fingerprint density at radius 1 is 0.968 bits per heavy atom. The Morgan fingerprint density at radius 3 is 2.39 bits per heavy atom. The average Bonchev–Trinajstić information content (AvgIpc) is 3.11. The number of nitrogens with zero attached hydrogens (tertiary/aromatic N) is 2. The number of hydrogen-bond acceptors (Lipinski definition) is 5. The fourth-order valence-electron chi connectivity index (χ4n) is 3.31. The van der Waals surface area contributed by atoms with Gasteiger partial charge in [0, 0.05) is 11.6 Å². The van der Waals surface area contributed by atoms with Crippen molar-refractivity contribution >= 4 is 32.4 Å². The summed E-state index contributed by atoms with van der Waals surface area (Å²) >= 11 is 0. The monoisotopic (exact) mass is 438 g/mol. The Hall–Kier alpha value is -3.92. The number of nitrogens with one attached hydrogen (secondary N) is 2. The third kappa shape index (κ3) is 3.92. The van der Waals surface area contributed by atoms with Gasteiger partial charge in [0.15, 0.2) is 0 Å². The molecule has 0 fully saturated rings. The molecule has 9 nitrogen and oxygen atoms in total. The predicted octanol–water partition coefficient (Wildman–Crippen LogP) is 3.47. The number of aromatic amines is 2. The van der Waals surface area contributed by atoms with Crippen molar-refractivity contribution < 1.29 is 13.3 Å². The molecule has 0 aliphatic carbocycles. The van der Waals surface area contributed by atoms with Gasteiger partial charge in [0.25, 0.3) is 15.7 Å². The number of benzene rings is 3. The van der Waals surface area contributed by atoms with Crippen molar-refractivity contribution in [2.45, 2.75) is 18.4 Å². The molecule has 0 aliphatic rings. The van der Waals surface area contributed by atoms with Crippen LogP contribution in [0.2, 0.25) is 0 Å². The SMILES string of the molecule is Cc1ccc(S(=O)(=O)N(Cc2ccccc2)c2ccc3[nH]c(=O)[nH]c3c2)cc1[N+](=O)[O-]. The molecule has 0 bridgehead atoms. The Balaban J connectivity index is 1.87. The van der Waals surface area contributed by atoms with Gasteiger partial charge < -0.3 is 9.97 Å². The van der Waals surface area contributed by atoms with Crippen LogP contribution in [0.1, 0.15) is 11.1 Å². The highest BCUT2D eigenvalue weighted by Crippen LogP contribution is 2.30. The van der Waals surface area contributed by atoms with E-state index in [0.29, 0.717) is 22.3 Å². The molecule has 4 rings (SSSR count). The summed E-state index contributed by atoms with van der Waals surface area (Å²) in [6.45, 7) is 1.55. The lowest BCUT2D eigenvalue weighted by Gasteiger charge is -2.25. The number of sulfonamides is 1. The van der Waals surface area contributed by atoms with Crippen LogP contribution in [0.15, 0.2) is 76.4 Å². The van der Waals surface area contributed by atoms with Crippen molar-refractivity contribution in [2.24, 2.45) is 0 Å². The Morgan fingerprint density at radius 2 is 1.68 bits per heavy atom. The molecule has 3 aromatic carbocycles. The molecule has 0 atom stereocenters. The van der Waals surface area contributed by atoms with E-state index in [1.807, 2.05) is 6.07 Å². The predicted molar refractivity (Wildman–Crippen MR) is 117 cm³/mol. The lowest BCUT2D eigenvalue weighted by Crippen LogP contribution is -2.30. The van der Waals surface area contributed by atoms with Crippen LogP contribution in [0.3, 0.4) is 0 Å². The first kappa shape index (κ1) is 20.4. The molecular formula is C21H18N4O5S. The summed E-state index contributed by atoms with van der Waals surface area (Å²) in [5, 5.41) is 11.3. The molecule has 4 aromatic rings. The van der Waals surface area contributed by atoms with Gasteiger partial charge in [-0.25, -0.2) is 13.2 Å². The Kier molecular flexibility index (Phi) is 5.07. The number of nitro benzene ring substituents is 1. The summed E-state index contributed by atoms with van der Waals surface area (Å²) in [5.74, 6) is 0. The van der Waals surface area contributed by atoms with Crippen molar-refractivity contribution in [1.82, 2.24) is 9.97 Å². The first-order valence-corrected chi connectivity index (χ1v) is 10.7. The first-order valence-electron chi connectivity index (χ1n) is 9.29. The van der Waals surface area contributed by atoms with Crippen LogP contribution in [0.25, 0.3) is 11.0 Å². The number of imidazole rings is 1. The lowest BCUT2D eigenvalue weighted by atomic mass is 10.2. The van der Waals surface area contributed by atoms with Gasteiger partial charge >= 0.3 is 5.69 Å². The van der Waals surface area contributed by atoms with Gasteiger partial charge in [0.05, 0.1) is 33.1 Å². The van der Waals surface area contributed by atoms with Gasteiger partial charge in [-0.15, -0.1) is 0 Å². The number of aromatic nitrogens is 2. The van der Waals surface area contributed by atoms with Crippen LogP contribution in [0.5, 0.6) is 0 Å². The number of rotatable bonds is 6. The molecule has 1 aromatic heterocycles. The zero-order valence-electron chi connectivity index (χ0n) is 16.4. The second-order valence-electron chi connectivity index (χ2n) is 7.01. The fraction of sp³-hybridized carbons (Fsp3) is 0.0952. The quantitative estimate of drug-likeness (QED) is 0.352. The molecule has 1 heterocycles. The smallest absolute Gasteiger partial charge is 0.306 e. The van der Waals surface area contributed by atoms with Crippen LogP contribution < -0.4 is 9.99 Å². The summed E-state index contributed by atoms with van der Waals surface area (Å²) in [4.78, 5) is 27.4. The van der Waals surface area contributed by atoms with Crippen molar-refractivity contribution in [3.8, 4) is 0 Å². The molecule has 0 unspecified atom stereocenters. The molecule has 0 aliphatic heterocycles. The van der Waals surface area contributed by atoms with Crippen molar-refractivity contribution in [1.29, 1.82) is 0 Å². The number of anilines is 1. The minimum absolute atomic E-state index is 0.00497. The zero-order chi connectivity index (χ0) is 22.2. The van der Waals surface area contributed by atoms with Gasteiger partial charge in [-0.1, -0.05) is 36.4 Å². The number of hydrogen-bond donors (Lipinski definition) is 2. The minimum Gasteiger partial charge on any atom is -0.306 e. The van der Waals surface area contributed by atoms with E-state index in [9.17, 15) is 23.3 Å². The van der Waals surface area contributed by atoms with Crippen molar-refractivity contribution in [3.05, 3.63) is 98.5 Å². The Labute approximate surface area is 177 Å². The van der Waals surface area contributed by atoms with Gasteiger partial charge in [0.2, 0.25) is 0 Å². The van der Waals surface area contributed by atoms with Crippen LogP contribution in [-0.4, -0.2) is 23.3 Å². The van der Waals surface area contributed by atoms with Crippen LogP contribution in [0.4, 0.5) is 11.4 Å². The molecule has 10 heteroatoms. The highest BCUT2D eigenvalue weighted by Gasteiger charge is 2.28. The van der Waals surface area contributed by atoms with Gasteiger partial charge in [0.1, 0.15) is 0 Å². The largest absolute Gasteiger partial charge is 0.323 e. The molecule has 158 valence electrons. The summed E-state index contributed by atoms with van der Waals surface area (Å²) in [6, 6.07) is 17.6. The first-order chi connectivity index (χ1) is 14.8. The summed E-state index contributed by atoms with van der Waals surface area (Å²) in [6.07, 6.45) is 0. The molecule has 0 spiro atoms. The minimum atomic E-state index is -4.16. The number of fused-ring (bicyclic) bond motifs is 1. The second kappa shape index (κ2) is 7.73. The molecule has 0 amide bonds. The summed E-state index contributed by atoms with van der Waals surface area (Å²) < 4.78 is 28.3. The van der Waals surface area contributed by atoms with E-state index < -0.39 is 20.6 Å². The zero-order valence-corrected chi connectivity index (χ0v) is 17.2. The highest BCUT2D eigenvalue weighted by atomic mass is 32.2. The van der Waals surface area contributed by atoms with E-state index in [-0.39, 0.29) is 17.1 Å². The summed E-state index contributed by atoms with van der Waals surface area (Å²) in [7, 11) is -4.16. The Bertz CT molecular complexity index is 1440. The molecule has 0 saturated carbocycles. The van der Waals surface area contributed by atoms with Crippen molar-refractivity contribution in [2.75, 3.05) is 4.31 Å². The molecule has 2 N–H and O–H groups in total. The van der Waals surface area contributed by atoms with E-state index in [2.05, 4.69) is 9.97 Å². The maximum absolute atomic E-state index is 13.6. The fourth-order valence-corrected chi connectivity index (χ4v) is 4.78. The number of nitro groups is 1. The topological polar surface area (TPSA) is 129 Å². The normalized spacial score (nSPS) is 11.5. The maximum atomic E-state index is 13.6. The number of aryl methyl sites for hydroxylation is 1. The third-order valence-electron chi connectivity index (χ3n) is 4.92. The summed E-state index contributed by atoms with van der Waals surface area (Å²) in [5.41, 5.74) is 1.72. The third-order valence-corrected chi connectivity index (χ3v) is 6.69. The van der Waals surface area contributed by atoms with E-state index in [1.165, 1.54) is 16.4 Å². The number of H-pyrrole nitrogens is 2. The van der Waals surface area contributed by atoms with Crippen LogP contribution >= 0.6 is 0 Å². The van der Waals surface area contributed by atoms with E-state index in [0.717, 1.165) is 11.6 Å². The second-order valence-corrected chi connectivity index (χ2v) is 8.87.